The molecule has 0 atom stereocenters. The van der Waals surface area contributed by atoms with E-state index in [0.717, 1.165) is 31.5 Å². The van der Waals surface area contributed by atoms with E-state index in [2.05, 4.69) is 41.0 Å². The van der Waals surface area contributed by atoms with Crippen LogP contribution >= 0.6 is 0 Å². The lowest BCUT2D eigenvalue weighted by Crippen LogP contribution is -2.36. The number of hydrogen-bond acceptors (Lipinski definition) is 2. The monoisotopic (exact) mass is 229 g/mol. The molecular formula is C15H19NO. The molecule has 2 nitrogen and oxygen atoms in total. The second-order valence-corrected chi connectivity index (χ2v) is 4.34. The first-order chi connectivity index (χ1) is 8.33. The van der Waals surface area contributed by atoms with Gasteiger partial charge in [-0.25, -0.2) is 0 Å². The molecule has 0 saturated carbocycles. The summed E-state index contributed by atoms with van der Waals surface area (Å²) in [6.07, 6.45) is 2.68. The number of ether oxygens (including phenoxy) is 1. The number of hydrogen-bond donors (Lipinski definition) is 0. The Morgan fingerprint density at radius 3 is 2.35 bits per heavy atom. The molecule has 90 valence electrons. The number of piperidine rings is 1. The Balaban J connectivity index is 2.00. The number of anilines is 1. The van der Waals surface area contributed by atoms with Crippen LogP contribution in [0.15, 0.2) is 24.3 Å². The van der Waals surface area contributed by atoms with Gasteiger partial charge in [0.15, 0.2) is 0 Å². The lowest BCUT2D eigenvalue weighted by molar-refractivity contribution is 0.0819. The van der Waals surface area contributed by atoms with Crippen LogP contribution in [0.25, 0.3) is 0 Å². The van der Waals surface area contributed by atoms with Crippen molar-refractivity contribution in [2.45, 2.75) is 25.9 Å². The fourth-order valence-corrected chi connectivity index (χ4v) is 2.25. The highest BCUT2D eigenvalue weighted by Crippen LogP contribution is 2.21. The van der Waals surface area contributed by atoms with Gasteiger partial charge in [0, 0.05) is 31.5 Å². The molecule has 0 spiro atoms. The Morgan fingerprint density at radius 2 is 1.82 bits per heavy atom. The van der Waals surface area contributed by atoms with Gasteiger partial charge in [0.05, 0.1) is 6.10 Å². The van der Waals surface area contributed by atoms with E-state index < -0.39 is 0 Å². The fraction of sp³-hybridized carbons (Fsp3) is 0.467. The van der Waals surface area contributed by atoms with E-state index in [1.54, 1.807) is 7.11 Å². The first kappa shape index (κ1) is 12.0. The third kappa shape index (κ3) is 3.01. The highest BCUT2D eigenvalue weighted by atomic mass is 16.5. The average Bonchev–Trinajstić information content (AvgIpc) is 2.40. The largest absolute Gasteiger partial charge is 0.381 e. The highest BCUT2D eigenvalue weighted by molar-refractivity contribution is 5.50. The fourth-order valence-electron chi connectivity index (χ4n) is 2.25. The van der Waals surface area contributed by atoms with Gasteiger partial charge in [0.2, 0.25) is 0 Å². The molecule has 1 aromatic carbocycles. The predicted molar refractivity (Wildman–Crippen MR) is 71.2 cm³/mol. The van der Waals surface area contributed by atoms with Gasteiger partial charge in [-0.1, -0.05) is 5.92 Å². The molecular weight excluding hydrogens is 210 g/mol. The number of benzene rings is 1. The second kappa shape index (κ2) is 5.75. The first-order valence-corrected chi connectivity index (χ1v) is 6.14. The van der Waals surface area contributed by atoms with Gasteiger partial charge in [0.25, 0.3) is 0 Å². The Kier molecular flexibility index (Phi) is 4.06. The van der Waals surface area contributed by atoms with Crippen LogP contribution < -0.4 is 4.90 Å². The van der Waals surface area contributed by atoms with Crippen molar-refractivity contribution < 1.29 is 4.74 Å². The van der Waals surface area contributed by atoms with E-state index in [9.17, 15) is 0 Å². The van der Waals surface area contributed by atoms with E-state index in [-0.39, 0.29) is 0 Å². The van der Waals surface area contributed by atoms with Gasteiger partial charge < -0.3 is 9.64 Å². The number of rotatable bonds is 2. The maximum Gasteiger partial charge on any atom is 0.0605 e. The second-order valence-electron chi connectivity index (χ2n) is 4.34. The van der Waals surface area contributed by atoms with Crippen LogP contribution in [0.1, 0.15) is 25.3 Å². The summed E-state index contributed by atoms with van der Waals surface area (Å²) in [5.41, 5.74) is 2.38. The minimum absolute atomic E-state index is 0.441. The molecule has 1 fully saturated rings. The molecule has 2 rings (SSSR count). The Labute approximate surface area is 104 Å². The molecule has 2 heteroatoms. The summed E-state index contributed by atoms with van der Waals surface area (Å²) < 4.78 is 5.38. The predicted octanol–water partition coefficient (Wildman–Crippen LogP) is 2.67. The minimum Gasteiger partial charge on any atom is -0.381 e. The molecule has 0 aliphatic carbocycles. The van der Waals surface area contributed by atoms with Crippen molar-refractivity contribution in [3.63, 3.8) is 0 Å². The maximum absolute atomic E-state index is 5.38. The Hall–Kier alpha value is -1.46. The zero-order valence-electron chi connectivity index (χ0n) is 10.6. The smallest absolute Gasteiger partial charge is 0.0605 e. The van der Waals surface area contributed by atoms with E-state index in [4.69, 9.17) is 4.74 Å². The number of methoxy groups -OCH3 is 1. The average molecular weight is 229 g/mol. The molecule has 0 aromatic heterocycles. The van der Waals surface area contributed by atoms with Crippen LogP contribution in [0.4, 0.5) is 5.69 Å². The van der Waals surface area contributed by atoms with Gasteiger partial charge in [-0.2, -0.15) is 0 Å². The molecule has 0 radical (unpaired) electrons. The molecule has 1 heterocycles. The van der Waals surface area contributed by atoms with Crippen molar-refractivity contribution in [1.29, 1.82) is 0 Å². The molecule has 1 aliphatic heterocycles. The summed E-state index contributed by atoms with van der Waals surface area (Å²) in [6.45, 7) is 4.03. The SMILES string of the molecule is CC#Cc1ccc(N2CCC(OC)CC2)cc1. The summed E-state index contributed by atoms with van der Waals surface area (Å²) in [7, 11) is 1.80. The van der Waals surface area contributed by atoms with Crippen LogP contribution in [-0.4, -0.2) is 26.3 Å². The summed E-state index contributed by atoms with van der Waals surface area (Å²) in [5.74, 6) is 5.98. The van der Waals surface area contributed by atoms with Gasteiger partial charge >= 0.3 is 0 Å². The Morgan fingerprint density at radius 1 is 1.18 bits per heavy atom. The van der Waals surface area contributed by atoms with Crippen molar-refractivity contribution in [2.75, 3.05) is 25.1 Å². The highest BCUT2D eigenvalue weighted by Gasteiger charge is 2.18. The van der Waals surface area contributed by atoms with Crippen LogP contribution in [0.3, 0.4) is 0 Å². The van der Waals surface area contributed by atoms with Crippen molar-refractivity contribution in [1.82, 2.24) is 0 Å². The molecule has 1 aliphatic rings. The molecule has 1 aromatic rings. The normalized spacial score (nSPS) is 16.5. The van der Waals surface area contributed by atoms with Gasteiger partial charge in [0.1, 0.15) is 0 Å². The van der Waals surface area contributed by atoms with Crippen molar-refractivity contribution in [3.8, 4) is 11.8 Å². The molecule has 0 bridgehead atoms. The van der Waals surface area contributed by atoms with Crippen LogP contribution in [0.2, 0.25) is 0 Å². The summed E-state index contributed by atoms with van der Waals surface area (Å²) in [4.78, 5) is 2.42. The molecule has 0 amide bonds. The maximum atomic E-state index is 5.38. The third-order valence-electron chi connectivity index (χ3n) is 3.28. The quantitative estimate of drug-likeness (QED) is 0.723. The van der Waals surface area contributed by atoms with Crippen LogP contribution in [-0.2, 0) is 4.74 Å². The molecule has 1 saturated heterocycles. The third-order valence-corrected chi connectivity index (χ3v) is 3.28. The lowest BCUT2D eigenvalue weighted by atomic mass is 10.1. The zero-order chi connectivity index (χ0) is 12.1. The topological polar surface area (TPSA) is 12.5 Å². The standard InChI is InChI=1S/C15H19NO/c1-3-4-13-5-7-14(8-6-13)16-11-9-15(17-2)10-12-16/h5-8,15H,9-12H2,1-2H3. The van der Waals surface area contributed by atoms with Crippen molar-refractivity contribution in [2.24, 2.45) is 0 Å². The van der Waals surface area contributed by atoms with E-state index >= 15 is 0 Å². The summed E-state index contributed by atoms with van der Waals surface area (Å²) in [5, 5.41) is 0. The molecule has 17 heavy (non-hydrogen) atoms. The van der Waals surface area contributed by atoms with Gasteiger partial charge in [-0.3, -0.25) is 0 Å². The van der Waals surface area contributed by atoms with Crippen molar-refractivity contribution >= 4 is 5.69 Å². The Bertz CT molecular complexity index is 405. The summed E-state index contributed by atoms with van der Waals surface area (Å²) in [6, 6.07) is 8.50. The van der Waals surface area contributed by atoms with Crippen LogP contribution in [0.5, 0.6) is 0 Å². The van der Waals surface area contributed by atoms with Gasteiger partial charge in [-0.15, -0.1) is 5.92 Å². The lowest BCUT2D eigenvalue weighted by Gasteiger charge is -2.32. The van der Waals surface area contributed by atoms with Crippen molar-refractivity contribution in [3.05, 3.63) is 29.8 Å². The molecule has 0 unspecified atom stereocenters. The minimum atomic E-state index is 0.441. The van der Waals surface area contributed by atoms with E-state index in [1.165, 1.54) is 5.69 Å². The van der Waals surface area contributed by atoms with Gasteiger partial charge in [-0.05, 0) is 44.0 Å². The molecule has 0 N–H and O–H groups in total. The number of nitrogens with zero attached hydrogens (tertiary/aromatic N) is 1. The zero-order valence-corrected chi connectivity index (χ0v) is 10.6. The first-order valence-electron chi connectivity index (χ1n) is 6.14. The van der Waals surface area contributed by atoms with E-state index in [0.29, 0.717) is 6.10 Å². The summed E-state index contributed by atoms with van der Waals surface area (Å²) >= 11 is 0. The van der Waals surface area contributed by atoms with Crippen LogP contribution in [0, 0.1) is 11.8 Å². The van der Waals surface area contributed by atoms with E-state index in [1.807, 2.05) is 6.92 Å².